The van der Waals surface area contributed by atoms with Crippen LogP contribution in [0.1, 0.15) is 0 Å². The highest BCUT2D eigenvalue weighted by molar-refractivity contribution is 7.92. The molecule has 2 rings (SSSR count). The average molecular weight is 333 g/mol. The normalized spacial score (nSPS) is 11.2. The van der Waals surface area contributed by atoms with Crippen LogP contribution in [0.4, 0.5) is 5.69 Å². The molecule has 0 amide bonds. The van der Waals surface area contributed by atoms with E-state index >= 15 is 0 Å². The Morgan fingerprint density at radius 2 is 1.95 bits per heavy atom. The minimum atomic E-state index is -3.83. The van der Waals surface area contributed by atoms with Gasteiger partial charge in [-0.2, -0.15) is 0 Å². The number of nitrogens with zero attached hydrogens (tertiary/aromatic N) is 1. The second-order valence-corrected chi connectivity index (χ2v) is 6.26. The molecule has 0 aliphatic heterocycles. The summed E-state index contributed by atoms with van der Waals surface area (Å²) in [6, 6.07) is 7.28. The fourth-order valence-electron chi connectivity index (χ4n) is 1.45. The molecular weight excluding hydrogens is 323 g/mol. The van der Waals surface area contributed by atoms with Crippen molar-refractivity contribution in [2.24, 2.45) is 0 Å². The zero-order chi connectivity index (χ0) is 14.8. The molecule has 0 unspecified atom stereocenters. The first kappa shape index (κ1) is 14.9. The maximum Gasteiger partial charge on any atom is 0.263 e. The molecule has 1 N–H and O–H groups in total. The van der Waals surface area contributed by atoms with Gasteiger partial charge in [0.1, 0.15) is 4.90 Å². The molecule has 20 heavy (non-hydrogen) atoms. The number of pyridine rings is 1. The summed E-state index contributed by atoms with van der Waals surface area (Å²) in [6.07, 6.45) is 1.34. The molecule has 1 heterocycles. The second kappa shape index (κ2) is 5.87. The molecule has 0 aliphatic carbocycles. The second-order valence-electron chi connectivity index (χ2n) is 3.77. The van der Waals surface area contributed by atoms with Crippen LogP contribution >= 0.6 is 23.2 Å². The van der Waals surface area contributed by atoms with E-state index in [0.717, 1.165) is 0 Å². The minimum absolute atomic E-state index is 0.0865. The predicted molar refractivity (Wildman–Crippen MR) is 78.1 cm³/mol. The lowest BCUT2D eigenvalue weighted by atomic mass is 10.4. The van der Waals surface area contributed by atoms with E-state index in [-0.39, 0.29) is 14.9 Å². The number of benzene rings is 1. The van der Waals surface area contributed by atoms with Crippen molar-refractivity contribution in [2.75, 3.05) is 11.8 Å². The number of ether oxygens (including phenoxy) is 1. The van der Waals surface area contributed by atoms with Gasteiger partial charge in [-0.15, -0.1) is 0 Å². The summed E-state index contributed by atoms with van der Waals surface area (Å²) in [4.78, 5) is 3.81. The van der Waals surface area contributed by atoms with Crippen LogP contribution in [0.25, 0.3) is 0 Å². The molecular formula is C12H10Cl2N2O3S. The van der Waals surface area contributed by atoms with Gasteiger partial charge in [-0.3, -0.25) is 4.72 Å². The van der Waals surface area contributed by atoms with Crippen molar-refractivity contribution in [3.05, 3.63) is 46.6 Å². The number of nitrogens with one attached hydrogen (secondary N) is 1. The van der Waals surface area contributed by atoms with Gasteiger partial charge in [0.05, 0.1) is 24.0 Å². The van der Waals surface area contributed by atoms with Gasteiger partial charge in [0.2, 0.25) is 5.88 Å². The Morgan fingerprint density at radius 3 is 2.55 bits per heavy atom. The predicted octanol–water partition coefficient (Wildman–Crippen LogP) is 3.20. The van der Waals surface area contributed by atoms with Crippen molar-refractivity contribution in [1.82, 2.24) is 4.98 Å². The Balaban J connectivity index is 2.32. The summed E-state index contributed by atoms with van der Waals surface area (Å²) in [5.74, 6) is 0.383. The Labute approximate surface area is 126 Å². The van der Waals surface area contributed by atoms with Gasteiger partial charge in [0.15, 0.2) is 0 Å². The quantitative estimate of drug-likeness (QED) is 0.933. The highest BCUT2D eigenvalue weighted by atomic mass is 35.5. The van der Waals surface area contributed by atoms with Crippen molar-refractivity contribution < 1.29 is 13.2 Å². The first-order valence-corrected chi connectivity index (χ1v) is 7.64. The van der Waals surface area contributed by atoms with Crippen molar-refractivity contribution in [2.45, 2.75) is 4.90 Å². The molecule has 5 nitrogen and oxygen atoms in total. The first-order valence-electron chi connectivity index (χ1n) is 5.40. The van der Waals surface area contributed by atoms with Gasteiger partial charge in [-0.1, -0.05) is 23.2 Å². The summed E-state index contributed by atoms with van der Waals surface area (Å²) < 4.78 is 31.7. The molecule has 0 aliphatic rings. The van der Waals surface area contributed by atoms with Gasteiger partial charge in [0.25, 0.3) is 10.0 Å². The third-order valence-corrected chi connectivity index (χ3v) is 4.48. The number of anilines is 1. The highest BCUT2D eigenvalue weighted by Crippen LogP contribution is 2.26. The van der Waals surface area contributed by atoms with E-state index in [2.05, 4.69) is 9.71 Å². The summed E-state index contributed by atoms with van der Waals surface area (Å²) in [5.41, 5.74) is 0.293. The zero-order valence-electron chi connectivity index (χ0n) is 10.3. The van der Waals surface area contributed by atoms with Crippen LogP contribution < -0.4 is 9.46 Å². The van der Waals surface area contributed by atoms with Gasteiger partial charge < -0.3 is 4.74 Å². The van der Waals surface area contributed by atoms with E-state index in [1.54, 1.807) is 0 Å². The number of methoxy groups -OCH3 is 1. The van der Waals surface area contributed by atoms with Crippen molar-refractivity contribution >= 4 is 38.9 Å². The van der Waals surface area contributed by atoms with E-state index in [1.165, 1.54) is 43.6 Å². The molecule has 0 atom stereocenters. The molecule has 106 valence electrons. The fourth-order valence-corrected chi connectivity index (χ4v) is 3.26. The molecule has 0 saturated carbocycles. The standard InChI is InChI=1S/C12H10Cl2N2O3S/c1-19-12-5-3-9(7-15-12)16-20(17,18)11-6-8(13)2-4-10(11)14/h2-7,16H,1H3. The van der Waals surface area contributed by atoms with Crippen LogP contribution in [0.3, 0.4) is 0 Å². The Morgan fingerprint density at radius 1 is 1.20 bits per heavy atom. The van der Waals surface area contributed by atoms with Crippen LogP contribution in [0, 0.1) is 0 Å². The smallest absolute Gasteiger partial charge is 0.263 e. The van der Waals surface area contributed by atoms with Gasteiger partial charge >= 0.3 is 0 Å². The molecule has 0 fully saturated rings. The lowest BCUT2D eigenvalue weighted by Crippen LogP contribution is -2.13. The summed E-state index contributed by atoms with van der Waals surface area (Å²) >= 11 is 11.7. The van der Waals surface area contributed by atoms with Gasteiger partial charge in [-0.25, -0.2) is 13.4 Å². The number of hydrogen-bond acceptors (Lipinski definition) is 4. The SMILES string of the molecule is COc1ccc(NS(=O)(=O)c2cc(Cl)ccc2Cl)cn1. The van der Waals surface area contributed by atoms with Crippen LogP contribution in [-0.4, -0.2) is 20.5 Å². The third kappa shape index (κ3) is 3.33. The lowest BCUT2D eigenvalue weighted by Gasteiger charge is -2.09. The summed E-state index contributed by atoms with van der Waals surface area (Å²) in [7, 11) is -2.36. The number of hydrogen-bond donors (Lipinski definition) is 1. The number of aromatic nitrogens is 1. The first-order chi connectivity index (χ1) is 9.42. The molecule has 0 bridgehead atoms. The Kier molecular flexibility index (Phi) is 4.37. The monoisotopic (exact) mass is 332 g/mol. The largest absolute Gasteiger partial charge is 0.481 e. The number of halogens is 2. The van der Waals surface area contributed by atoms with E-state index in [9.17, 15) is 8.42 Å². The Hall–Kier alpha value is -1.50. The van der Waals surface area contributed by atoms with Crippen LogP contribution in [0.15, 0.2) is 41.4 Å². The maximum absolute atomic E-state index is 12.2. The van der Waals surface area contributed by atoms with Crippen molar-refractivity contribution in [3.8, 4) is 5.88 Å². The lowest BCUT2D eigenvalue weighted by molar-refractivity contribution is 0.398. The number of rotatable bonds is 4. The average Bonchev–Trinajstić information content (AvgIpc) is 2.42. The van der Waals surface area contributed by atoms with Crippen LogP contribution in [-0.2, 0) is 10.0 Å². The van der Waals surface area contributed by atoms with E-state index in [4.69, 9.17) is 27.9 Å². The summed E-state index contributed by atoms with van der Waals surface area (Å²) in [6.45, 7) is 0. The third-order valence-electron chi connectivity index (χ3n) is 2.38. The highest BCUT2D eigenvalue weighted by Gasteiger charge is 2.18. The van der Waals surface area contributed by atoms with Crippen LogP contribution in [0.2, 0.25) is 10.0 Å². The topological polar surface area (TPSA) is 68.3 Å². The number of sulfonamides is 1. The molecule has 0 radical (unpaired) electrons. The van der Waals surface area contributed by atoms with E-state index < -0.39 is 10.0 Å². The summed E-state index contributed by atoms with van der Waals surface area (Å²) in [5, 5.41) is 0.367. The molecule has 1 aromatic carbocycles. The van der Waals surface area contributed by atoms with E-state index in [1.807, 2.05) is 0 Å². The van der Waals surface area contributed by atoms with Gasteiger partial charge in [-0.05, 0) is 24.3 Å². The molecule has 8 heteroatoms. The Bertz CT molecular complexity index is 718. The molecule has 0 saturated heterocycles. The maximum atomic E-state index is 12.2. The van der Waals surface area contributed by atoms with E-state index in [0.29, 0.717) is 11.6 Å². The molecule has 2 aromatic rings. The molecule has 1 aromatic heterocycles. The fraction of sp³-hybridized carbons (Fsp3) is 0.0833. The van der Waals surface area contributed by atoms with Crippen molar-refractivity contribution in [1.29, 1.82) is 0 Å². The minimum Gasteiger partial charge on any atom is -0.481 e. The van der Waals surface area contributed by atoms with Gasteiger partial charge in [0, 0.05) is 11.1 Å². The molecule has 0 spiro atoms. The van der Waals surface area contributed by atoms with Crippen molar-refractivity contribution in [3.63, 3.8) is 0 Å². The zero-order valence-corrected chi connectivity index (χ0v) is 12.6. The van der Waals surface area contributed by atoms with Crippen LogP contribution in [0.5, 0.6) is 5.88 Å².